The molecule has 0 amide bonds. The van der Waals surface area contributed by atoms with Crippen LogP contribution in [0.4, 0.5) is 26.3 Å². The first-order chi connectivity index (χ1) is 15.8. The van der Waals surface area contributed by atoms with Gasteiger partial charge in [-0.05, 0) is 30.3 Å². The fourth-order valence-electron chi connectivity index (χ4n) is 3.20. The molecule has 4 rings (SSSR count). The summed E-state index contributed by atoms with van der Waals surface area (Å²) in [5, 5.41) is 3.39. The number of halogens is 6. The molecule has 34 heavy (non-hydrogen) atoms. The molecule has 13 heteroatoms. The minimum absolute atomic E-state index is 0.0299. The summed E-state index contributed by atoms with van der Waals surface area (Å²) >= 11 is 0. The Balaban J connectivity index is 1.92. The summed E-state index contributed by atoms with van der Waals surface area (Å²) in [7, 11) is -3.86. The maximum Gasteiger partial charge on any atom is 0.435 e. The molecule has 0 aliphatic rings. The number of aromatic nitrogens is 4. The summed E-state index contributed by atoms with van der Waals surface area (Å²) in [6, 6.07) is 8.68. The summed E-state index contributed by atoms with van der Waals surface area (Å²) in [5.41, 5.74) is -2.50. The molecule has 0 N–H and O–H groups in total. The normalized spacial score (nSPS) is 12.9. The number of nitrogens with zero attached hydrogens (tertiary/aromatic N) is 4. The van der Waals surface area contributed by atoms with Crippen LogP contribution in [0.15, 0.2) is 59.6 Å². The van der Waals surface area contributed by atoms with Crippen LogP contribution in [-0.2, 0) is 22.2 Å². The Bertz CT molecular complexity index is 1490. The molecule has 0 aliphatic heterocycles. The monoisotopic (exact) mass is 500 g/mol. The first kappa shape index (κ1) is 23.7. The second-order valence-corrected chi connectivity index (χ2v) is 9.41. The number of rotatable bonds is 4. The maximum absolute atomic E-state index is 13.1. The summed E-state index contributed by atoms with van der Waals surface area (Å²) in [5.74, 6) is -0.308. The lowest BCUT2D eigenvalue weighted by Crippen LogP contribution is -2.08. The lowest BCUT2D eigenvalue weighted by molar-refractivity contribution is -0.141. The quantitative estimate of drug-likeness (QED) is 0.356. The van der Waals surface area contributed by atoms with Gasteiger partial charge in [-0.15, -0.1) is 0 Å². The molecule has 0 fully saturated rings. The van der Waals surface area contributed by atoms with Crippen molar-refractivity contribution in [2.75, 3.05) is 5.75 Å². The van der Waals surface area contributed by atoms with E-state index in [1.165, 1.54) is 37.3 Å². The molecule has 0 saturated carbocycles. The predicted molar refractivity (Wildman–Crippen MR) is 109 cm³/mol. The van der Waals surface area contributed by atoms with Gasteiger partial charge in [0.05, 0.1) is 27.6 Å². The van der Waals surface area contributed by atoms with Crippen molar-refractivity contribution in [2.24, 2.45) is 0 Å². The van der Waals surface area contributed by atoms with Crippen LogP contribution in [-0.4, -0.2) is 33.8 Å². The maximum atomic E-state index is 13.1. The van der Waals surface area contributed by atoms with E-state index in [2.05, 4.69) is 15.1 Å². The van der Waals surface area contributed by atoms with Gasteiger partial charge >= 0.3 is 12.4 Å². The average Bonchev–Trinajstić information content (AvgIpc) is 3.22. The molecule has 0 saturated heterocycles. The van der Waals surface area contributed by atoms with E-state index in [9.17, 15) is 34.8 Å². The molecular weight excluding hydrogens is 486 g/mol. The Morgan fingerprint density at radius 1 is 0.882 bits per heavy atom. The molecule has 0 aliphatic carbocycles. The van der Waals surface area contributed by atoms with Crippen molar-refractivity contribution in [2.45, 2.75) is 24.2 Å². The van der Waals surface area contributed by atoms with Crippen LogP contribution >= 0.6 is 0 Å². The summed E-state index contributed by atoms with van der Waals surface area (Å²) in [6.07, 6.45) is -8.16. The fraction of sp³-hybridized carbons (Fsp3) is 0.190. The Hall–Kier alpha value is -3.48. The van der Waals surface area contributed by atoms with Crippen molar-refractivity contribution in [3.05, 3.63) is 66.0 Å². The first-order valence-corrected chi connectivity index (χ1v) is 11.3. The lowest BCUT2D eigenvalue weighted by Gasteiger charge is -2.12. The SMILES string of the molecule is CCS(=O)(=O)c1ccc(-c2cccc(C(F)(F)F)c2)nc1-c1ccn2nc(C(F)(F)F)cc2n1. The van der Waals surface area contributed by atoms with Crippen molar-refractivity contribution < 1.29 is 34.8 Å². The van der Waals surface area contributed by atoms with E-state index in [1.54, 1.807) is 0 Å². The second kappa shape index (κ2) is 8.08. The number of hydrogen-bond donors (Lipinski definition) is 0. The standard InChI is InChI=1S/C21H14F6N4O2S/c1-2-34(32,33)16-7-6-14(12-4-3-5-13(10-12)20(22,23)24)29-19(16)15-8-9-31-18(28-15)11-17(30-31)21(25,26)27/h3-11H,2H2,1H3. The molecule has 0 radical (unpaired) electrons. The largest absolute Gasteiger partial charge is 0.435 e. The number of sulfone groups is 1. The highest BCUT2D eigenvalue weighted by molar-refractivity contribution is 7.91. The van der Waals surface area contributed by atoms with Crippen molar-refractivity contribution >= 4 is 15.5 Å². The van der Waals surface area contributed by atoms with Crippen molar-refractivity contribution in [3.8, 4) is 22.6 Å². The molecule has 3 heterocycles. The van der Waals surface area contributed by atoms with Gasteiger partial charge in [-0.1, -0.05) is 19.1 Å². The highest BCUT2D eigenvalue weighted by Gasteiger charge is 2.34. The fourth-order valence-corrected chi connectivity index (χ4v) is 4.23. The van der Waals surface area contributed by atoms with Gasteiger partial charge in [0.15, 0.2) is 21.2 Å². The van der Waals surface area contributed by atoms with E-state index in [1.807, 2.05) is 0 Å². The number of hydrogen-bond acceptors (Lipinski definition) is 5. The van der Waals surface area contributed by atoms with Gasteiger partial charge in [0.1, 0.15) is 5.69 Å². The van der Waals surface area contributed by atoms with Crippen molar-refractivity contribution in [3.63, 3.8) is 0 Å². The van der Waals surface area contributed by atoms with Crippen LogP contribution in [0, 0.1) is 0 Å². The van der Waals surface area contributed by atoms with Gasteiger partial charge < -0.3 is 0 Å². The molecule has 3 aromatic heterocycles. The molecule has 0 unspecified atom stereocenters. The minimum atomic E-state index is -4.72. The zero-order valence-electron chi connectivity index (χ0n) is 17.2. The van der Waals surface area contributed by atoms with E-state index < -0.39 is 33.4 Å². The van der Waals surface area contributed by atoms with Gasteiger partial charge in [-0.25, -0.2) is 22.9 Å². The third-order valence-electron chi connectivity index (χ3n) is 4.92. The third kappa shape index (κ3) is 4.47. The third-order valence-corrected chi connectivity index (χ3v) is 6.68. The highest BCUT2D eigenvalue weighted by atomic mass is 32.2. The molecular formula is C21H14F6N4O2S. The molecule has 1 aromatic carbocycles. The van der Waals surface area contributed by atoms with E-state index >= 15 is 0 Å². The number of fused-ring (bicyclic) bond motifs is 1. The summed E-state index contributed by atoms with van der Waals surface area (Å²) < 4.78 is 105. The Labute approximate surface area is 188 Å². The van der Waals surface area contributed by atoms with Crippen LogP contribution in [0.2, 0.25) is 0 Å². The van der Waals surface area contributed by atoms with Crippen LogP contribution in [0.3, 0.4) is 0 Å². The topological polar surface area (TPSA) is 77.2 Å². The van der Waals surface area contributed by atoms with Gasteiger partial charge in [-0.3, -0.25) is 0 Å². The Kier molecular flexibility index (Phi) is 5.62. The lowest BCUT2D eigenvalue weighted by atomic mass is 10.1. The van der Waals surface area contributed by atoms with Gasteiger partial charge in [0.25, 0.3) is 0 Å². The molecule has 0 spiro atoms. The first-order valence-electron chi connectivity index (χ1n) is 9.65. The van der Waals surface area contributed by atoms with Crippen LogP contribution in [0.5, 0.6) is 0 Å². The van der Waals surface area contributed by atoms with E-state index in [-0.39, 0.29) is 38.9 Å². The zero-order valence-corrected chi connectivity index (χ0v) is 18.0. The molecule has 0 atom stereocenters. The summed E-state index contributed by atoms with van der Waals surface area (Å²) in [6.45, 7) is 1.39. The second-order valence-electron chi connectivity index (χ2n) is 7.17. The van der Waals surface area contributed by atoms with E-state index in [0.717, 1.165) is 22.8 Å². The van der Waals surface area contributed by atoms with E-state index in [4.69, 9.17) is 0 Å². The zero-order chi connectivity index (χ0) is 24.9. The van der Waals surface area contributed by atoms with Crippen molar-refractivity contribution in [1.29, 1.82) is 0 Å². The average molecular weight is 500 g/mol. The van der Waals surface area contributed by atoms with Gasteiger partial charge in [0.2, 0.25) is 0 Å². The van der Waals surface area contributed by atoms with Gasteiger partial charge in [0, 0.05) is 17.8 Å². The van der Waals surface area contributed by atoms with Crippen LogP contribution < -0.4 is 0 Å². The molecule has 4 aromatic rings. The molecule has 6 nitrogen and oxygen atoms in total. The van der Waals surface area contributed by atoms with Gasteiger partial charge in [-0.2, -0.15) is 31.4 Å². The molecule has 0 bridgehead atoms. The smallest absolute Gasteiger partial charge is 0.245 e. The number of alkyl halides is 6. The Morgan fingerprint density at radius 2 is 1.62 bits per heavy atom. The summed E-state index contributed by atoms with van der Waals surface area (Å²) in [4.78, 5) is 8.07. The number of benzene rings is 1. The Morgan fingerprint density at radius 3 is 2.26 bits per heavy atom. The number of pyridine rings is 1. The van der Waals surface area contributed by atoms with Crippen molar-refractivity contribution in [1.82, 2.24) is 19.6 Å². The predicted octanol–water partition coefficient (Wildman–Crippen LogP) is 5.29. The minimum Gasteiger partial charge on any atom is -0.245 e. The molecule has 178 valence electrons. The van der Waals surface area contributed by atoms with E-state index in [0.29, 0.717) is 6.07 Å². The highest BCUT2D eigenvalue weighted by Crippen LogP contribution is 2.34. The van der Waals surface area contributed by atoms with Crippen LogP contribution in [0.1, 0.15) is 18.2 Å². The van der Waals surface area contributed by atoms with Crippen LogP contribution in [0.25, 0.3) is 28.3 Å².